The van der Waals surface area contributed by atoms with Crippen LogP contribution in [0.25, 0.3) is 0 Å². The molecule has 1 fully saturated rings. The number of fused-ring (bicyclic) bond motifs is 1. The van der Waals surface area contributed by atoms with Crippen molar-refractivity contribution >= 4 is 12.3 Å². The molecule has 2 rings (SSSR count). The number of rotatable bonds is 1. The van der Waals surface area contributed by atoms with E-state index in [0.717, 1.165) is 6.29 Å². The molecule has 3 unspecified atom stereocenters. The van der Waals surface area contributed by atoms with Crippen LogP contribution in [0.3, 0.4) is 0 Å². The van der Waals surface area contributed by atoms with Crippen LogP contribution in [0.1, 0.15) is 20.8 Å². The van der Waals surface area contributed by atoms with Crippen molar-refractivity contribution < 1.29 is 14.3 Å². The van der Waals surface area contributed by atoms with Gasteiger partial charge in [0.05, 0.1) is 5.41 Å². The van der Waals surface area contributed by atoms with Crippen molar-refractivity contribution in [2.24, 2.45) is 16.7 Å². The highest BCUT2D eigenvalue weighted by molar-refractivity contribution is 5.88. The van der Waals surface area contributed by atoms with E-state index in [-0.39, 0.29) is 11.9 Å². The monoisotopic (exact) mass is 194 g/mol. The predicted molar refractivity (Wildman–Crippen MR) is 50.5 cm³/mol. The number of carbonyl (C=O) groups is 2. The molecule has 3 atom stereocenters. The second-order valence-corrected chi connectivity index (χ2v) is 4.64. The van der Waals surface area contributed by atoms with E-state index < -0.39 is 10.8 Å². The molecule has 0 spiro atoms. The van der Waals surface area contributed by atoms with Gasteiger partial charge in [-0.15, -0.1) is 0 Å². The zero-order valence-electron chi connectivity index (χ0n) is 8.66. The van der Waals surface area contributed by atoms with Gasteiger partial charge in [0.15, 0.2) is 0 Å². The minimum absolute atomic E-state index is 0.0719. The third-order valence-electron chi connectivity index (χ3n) is 4.17. The molecule has 2 aliphatic rings. The molecule has 0 N–H and O–H groups in total. The molecule has 0 amide bonds. The molecule has 0 saturated carbocycles. The van der Waals surface area contributed by atoms with Gasteiger partial charge < -0.3 is 4.74 Å². The lowest BCUT2D eigenvalue weighted by molar-refractivity contribution is -0.147. The minimum atomic E-state index is -0.552. The average molecular weight is 194 g/mol. The van der Waals surface area contributed by atoms with Crippen LogP contribution in [0, 0.1) is 16.7 Å². The van der Waals surface area contributed by atoms with Crippen molar-refractivity contribution in [2.75, 3.05) is 6.61 Å². The van der Waals surface area contributed by atoms with Gasteiger partial charge in [0.25, 0.3) is 0 Å². The van der Waals surface area contributed by atoms with Crippen LogP contribution in [0.4, 0.5) is 0 Å². The van der Waals surface area contributed by atoms with Crippen LogP contribution in [-0.2, 0) is 14.3 Å². The molecule has 1 aliphatic heterocycles. The lowest BCUT2D eigenvalue weighted by Crippen LogP contribution is -2.40. The molecule has 1 aliphatic carbocycles. The molecule has 3 nitrogen and oxygen atoms in total. The molecule has 0 radical (unpaired) electrons. The molecular weight excluding hydrogens is 180 g/mol. The topological polar surface area (TPSA) is 43.4 Å². The summed E-state index contributed by atoms with van der Waals surface area (Å²) in [4.78, 5) is 22.6. The van der Waals surface area contributed by atoms with Crippen LogP contribution < -0.4 is 0 Å². The van der Waals surface area contributed by atoms with E-state index in [4.69, 9.17) is 4.74 Å². The second kappa shape index (κ2) is 2.47. The molecule has 14 heavy (non-hydrogen) atoms. The van der Waals surface area contributed by atoms with E-state index >= 15 is 0 Å². The van der Waals surface area contributed by atoms with Crippen LogP contribution in [0.2, 0.25) is 0 Å². The average Bonchev–Trinajstić information content (AvgIpc) is 2.50. The number of hydrogen-bond acceptors (Lipinski definition) is 3. The van der Waals surface area contributed by atoms with Gasteiger partial charge in [-0.1, -0.05) is 19.9 Å². The quantitative estimate of drug-likeness (QED) is 0.467. The minimum Gasteiger partial charge on any atom is -0.464 e. The lowest BCUT2D eigenvalue weighted by atomic mass is 9.64. The van der Waals surface area contributed by atoms with Gasteiger partial charge in [0.2, 0.25) is 0 Å². The fraction of sp³-hybridized carbons (Fsp3) is 0.636. The Morgan fingerprint density at radius 2 is 2.21 bits per heavy atom. The summed E-state index contributed by atoms with van der Waals surface area (Å²) in [6.45, 7) is 6.11. The summed E-state index contributed by atoms with van der Waals surface area (Å²) in [5, 5.41) is 0. The fourth-order valence-corrected chi connectivity index (χ4v) is 2.60. The van der Waals surface area contributed by atoms with Crippen molar-refractivity contribution in [3.63, 3.8) is 0 Å². The summed E-state index contributed by atoms with van der Waals surface area (Å²) in [6, 6.07) is 0. The van der Waals surface area contributed by atoms with Crippen LogP contribution >= 0.6 is 0 Å². The lowest BCUT2D eigenvalue weighted by Gasteiger charge is -2.33. The van der Waals surface area contributed by atoms with E-state index in [2.05, 4.69) is 0 Å². The summed E-state index contributed by atoms with van der Waals surface area (Å²) in [6.07, 6.45) is 2.75. The zero-order chi connectivity index (χ0) is 10.6. The zero-order valence-corrected chi connectivity index (χ0v) is 8.66. The summed E-state index contributed by atoms with van der Waals surface area (Å²) in [7, 11) is 0. The number of allylic oxidation sites excluding steroid dienone is 1. The number of cyclic esters (lactones) is 1. The fourth-order valence-electron chi connectivity index (χ4n) is 2.60. The van der Waals surface area contributed by atoms with Gasteiger partial charge in [-0.3, -0.25) is 9.59 Å². The first-order valence-electron chi connectivity index (χ1n) is 4.81. The highest BCUT2D eigenvalue weighted by Gasteiger charge is 2.64. The number of esters is 1. The normalized spacial score (nSPS) is 45.8. The third kappa shape index (κ3) is 0.740. The van der Waals surface area contributed by atoms with Crippen molar-refractivity contribution in [3.8, 4) is 0 Å². The molecule has 0 aromatic heterocycles. The maximum Gasteiger partial charge on any atom is 0.313 e. The number of aldehydes is 1. The van der Waals surface area contributed by atoms with Gasteiger partial charge in [-0.25, -0.2) is 0 Å². The Kier molecular flexibility index (Phi) is 1.66. The van der Waals surface area contributed by atoms with Gasteiger partial charge in [-0.05, 0) is 18.4 Å². The molecule has 0 bridgehead atoms. The smallest absolute Gasteiger partial charge is 0.313 e. The van der Waals surface area contributed by atoms with E-state index in [1.54, 1.807) is 0 Å². The standard InChI is InChI=1S/C11H14O3/c1-7-4-8(5-12)10(2)6-14-9(13)11(7,10)3/h4-5,7H,6H2,1-3H3. The Labute approximate surface area is 83.1 Å². The van der Waals surface area contributed by atoms with E-state index in [9.17, 15) is 9.59 Å². The Morgan fingerprint density at radius 1 is 1.57 bits per heavy atom. The molecule has 0 aromatic rings. The van der Waals surface area contributed by atoms with Crippen LogP contribution in [0.15, 0.2) is 11.6 Å². The SMILES string of the molecule is CC1C=C(C=O)C2(C)COC(=O)C12C. The summed E-state index contributed by atoms with van der Waals surface area (Å²) in [5.41, 5.74) is -0.271. The van der Waals surface area contributed by atoms with Crippen molar-refractivity contribution in [3.05, 3.63) is 11.6 Å². The number of carbonyl (C=O) groups excluding carboxylic acids is 2. The second-order valence-electron chi connectivity index (χ2n) is 4.64. The van der Waals surface area contributed by atoms with E-state index in [0.29, 0.717) is 12.2 Å². The first-order chi connectivity index (χ1) is 6.46. The molecule has 0 aromatic carbocycles. The summed E-state index contributed by atoms with van der Waals surface area (Å²) < 4.78 is 5.09. The molecular formula is C11H14O3. The van der Waals surface area contributed by atoms with Crippen LogP contribution in [-0.4, -0.2) is 18.9 Å². The predicted octanol–water partition coefficient (Wildman–Crippen LogP) is 1.33. The van der Waals surface area contributed by atoms with Crippen LogP contribution in [0.5, 0.6) is 0 Å². The Hall–Kier alpha value is -1.12. The Balaban J connectivity index is 2.56. The number of ether oxygens (including phenoxy) is 1. The van der Waals surface area contributed by atoms with E-state index in [1.807, 2.05) is 26.8 Å². The summed E-state index contributed by atoms with van der Waals surface area (Å²) >= 11 is 0. The highest BCUT2D eigenvalue weighted by Crippen LogP contribution is 2.59. The molecule has 1 heterocycles. The third-order valence-corrected chi connectivity index (χ3v) is 4.17. The first kappa shape index (κ1) is 9.44. The highest BCUT2D eigenvalue weighted by atomic mass is 16.5. The number of hydrogen-bond donors (Lipinski definition) is 0. The Bertz CT molecular complexity index is 344. The van der Waals surface area contributed by atoms with Crippen molar-refractivity contribution in [1.29, 1.82) is 0 Å². The maximum absolute atomic E-state index is 11.7. The Morgan fingerprint density at radius 3 is 2.79 bits per heavy atom. The largest absolute Gasteiger partial charge is 0.464 e. The van der Waals surface area contributed by atoms with Crippen molar-refractivity contribution in [2.45, 2.75) is 20.8 Å². The molecule has 3 heteroatoms. The van der Waals surface area contributed by atoms with Gasteiger partial charge in [0.1, 0.15) is 12.9 Å². The van der Waals surface area contributed by atoms with Gasteiger partial charge in [0, 0.05) is 5.41 Å². The summed E-state index contributed by atoms with van der Waals surface area (Å²) in [5.74, 6) is -0.108. The first-order valence-corrected chi connectivity index (χ1v) is 4.81. The van der Waals surface area contributed by atoms with E-state index in [1.165, 1.54) is 0 Å². The molecule has 1 saturated heterocycles. The van der Waals surface area contributed by atoms with Crippen molar-refractivity contribution in [1.82, 2.24) is 0 Å². The van der Waals surface area contributed by atoms with Gasteiger partial charge >= 0.3 is 5.97 Å². The molecule has 76 valence electrons. The maximum atomic E-state index is 11.7. The van der Waals surface area contributed by atoms with Gasteiger partial charge in [-0.2, -0.15) is 0 Å².